The van der Waals surface area contributed by atoms with Crippen molar-refractivity contribution in [2.24, 2.45) is 7.05 Å². The second-order valence-electron chi connectivity index (χ2n) is 3.22. The van der Waals surface area contributed by atoms with E-state index in [1.807, 2.05) is 32.3 Å². The lowest BCUT2D eigenvalue weighted by molar-refractivity contribution is 0.685. The summed E-state index contributed by atoms with van der Waals surface area (Å²) in [6.45, 7) is 0. The van der Waals surface area contributed by atoms with Crippen LogP contribution in [0, 0.1) is 0 Å². The lowest BCUT2D eigenvalue weighted by Gasteiger charge is -2.03. The maximum Gasteiger partial charge on any atom is 0.186 e. The van der Waals surface area contributed by atoms with Crippen molar-refractivity contribution < 1.29 is 0 Å². The minimum atomic E-state index is 0.794. The number of nitrogens with one attached hydrogen (secondary N) is 1. The molecule has 6 heteroatoms. The highest BCUT2D eigenvalue weighted by atomic mass is 32.2. The average Bonchev–Trinajstić information content (AvgIpc) is 2.72. The molecule has 16 heavy (non-hydrogen) atoms. The van der Waals surface area contributed by atoms with Gasteiger partial charge in [-0.3, -0.25) is 0 Å². The smallest absolute Gasteiger partial charge is 0.186 e. The Morgan fingerprint density at radius 1 is 1.44 bits per heavy atom. The van der Waals surface area contributed by atoms with E-state index < -0.39 is 0 Å². The molecule has 2 heterocycles. The average molecular weight is 235 g/mol. The van der Waals surface area contributed by atoms with Crippen molar-refractivity contribution in [3.8, 4) is 0 Å². The van der Waals surface area contributed by atoms with Gasteiger partial charge in [0.2, 0.25) is 0 Å². The fraction of sp³-hybridized carbons (Fsp3) is 0.300. The number of hydrogen-bond acceptors (Lipinski definition) is 5. The summed E-state index contributed by atoms with van der Waals surface area (Å²) < 4.78 is 1.76. The summed E-state index contributed by atoms with van der Waals surface area (Å²) in [6, 6.07) is 5.94. The number of aryl methyl sites for hydroxylation is 1. The Morgan fingerprint density at radius 2 is 2.31 bits per heavy atom. The number of rotatable bonds is 4. The molecular formula is C10H13N5S. The van der Waals surface area contributed by atoms with Crippen LogP contribution in [0.4, 0.5) is 5.82 Å². The number of aromatic nitrogens is 4. The fourth-order valence-corrected chi connectivity index (χ4v) is 2.05. The highest BCUT2D eigenvalue weighted by Gasteiger charge is 2.03. The van der Waals surface area contributed by atoms with Gasteiger partial charge in [-0.05, 0) is 12.1 Å². The predicted molar refractivity (Wildman–Crippen MR) is 64.3 cm³/mol. The zero-order valence-electron chi connectivity index (χ0n) is 9.21. The first-order chi connectivity index (χ1) is 7.79. The van der Waals surface area contributed by atoms with Crippen molar-refractivity contribution >= 4 is 17.6 Å². The molecule has 1 N–H and O–H groups in total. The van der Waals surface area contributed by atoms with E-state index in [2.05, 4.69) is 20.4 Å². The predicted octanol–water partition coefficient (Wildman–Crippen LogP) is 1.54. The Labute approximate surface area is 98.3 Å². The number of hydrogen-bond donors (Lipinski definition) is 1. The van der Waals surface area contributed by atoms with E-state index >= 15 is 0 Å². The van der Waals surface area contributed by atoms with Crippen molar-refractivity contribution in [1.29, 1.82) is 0 Å². The van der Waals surface area contributed by atoms with Crippen molar-refractivity contribution in [2.45, 2.75) is 10.9 Å². The van der Waals surface area contributed by atoms with E-state index in [9.17, 15) is 0 Å². The van der Waals surface area contributed by atoms with E-state index in [1.54, 1.807) is 22.8 Å². The first kappa shape index (κ1) is 10.9. The molecule has 0 aliphatic carbocycles. The second kappa shape index (κ2) is 4.98. The van der Waals surface area contributed by atoms with Gasteiger partial charge in [-0.2, -0.15) is 5.10 Å². The normalized spacial score (nSPS) is 10.4. The van der Waals surface area contributed by atoms with Gasteiger partial charge in [0.05, 0.1) is 5.69 Å². The van der Waals surface area contributed by atoms with Crippen LogP contribution in [0.25, 0.3) is 0 Å². The van der Waals surface area contributed by atoms with E-state index in [0.29, 0.717) is 0 Å². The van der Waals surface area contributed by atoms with Crippen LogP contribution in [0.1, 0.15) is 5.69 Å². The summed E-state index contributed by atoms with van der Waals surface area (Å²) in [5.74, 6) is 1.68. The summed E-state index contributed by atoms with van der Waals surface area (Å²) in [4.78, 5) is 8.58. The summed E-state index contributed by atoms with van der Waals surface area (Å²) in [5, 5.41) is 7.93. The maximum absolute atomic E-state index is 4.43. The largest absolute Gasteiger partial charge is 0.373 e. The van der Waals surface area contributed by atoms with Crippen molar-refractivity contribution in [1.82, 2.24) is 19.7 Å². The van der Waals surface area contributed by atoms with Gasteiger partial charge in [0, 0.05) is 19.8 Å². The molecule has 0 amide bonds. The van der Waals surface area contributed by atoms with Gasteiger partial charge in [0.1, 0.15) is 12.1 Å². The SMILES string of the molecule is CNc1cccc(CSc2ncnn2C)n1. The first-order valence-corrected chi connectivity index (χ1v) is 5.88. The monoisotopic (exact) mass is 235 g/mol. The first-order valence-electron chi connectivity index (χ1n) is 4.90. The van der Waals surface area contributed by atoms with E-state index in [0.717, 1.165) is 22.4 Å². The van der Waals surface area contributed by atoms with Gasteiger partial charge >= 0.3 is 0 Å². The summed E-state index contributed by atoms with van der Waals surface area (Å²) >= 11 is 1.63. The Morgan fingerprint density at radius 3 is 3.00 bits per heavy atom. The third-order valence-corrected chi connectivity index (χ3v) is 3.15. The van der Waals surface area contributed by atoms with Gasteiger partial charge in [-0.15, -0.1) is 0 Å². The number of anilines is 1. The van der Waals surface area contributed by atoms with Crippen molar-refractivity contribution in [3.05, 3.63) is 30.2 Å². The van der Waals surface area contributed by atoms with Crippen LogP contribution in [-0.4, -0.2) is 26.8 Å². The van der Waals surface area contributed by atoms with Crippen LogP contribution in [-0.2, 0) is 12.8 Å². The van der Waals surface area contributed by atoms with Crippen molar-refractivity contribution in [2.75, 3.05) is 12.4 Å². The Balaban J connectivity index is 2.02. The molecule has 84 valence electrons. The van der Waals surface area contributed by atoms with Gasteiger partial charge < -0.3 is 5.32 Å². The number of thioether (sulfide) groups is 1. The Bertz CT molecular complexity index is 468. The lowest BCUT2D eigenvalue weighted by atomic mass is 10.4. The van der Waals surface area contributed by atoms with Gasteiger partial charge in [0.25, 0.3) is 0 Å². The number of nitrogens with zero attached hydrogens (tertiary/aromatic N) is 4. The lowest BCUT2D eigenvalue weighted by Crippen LogP contribution is -1.96. The fourth-order valence-electron chi connectivity index (χ4n) is 1.25. The van der Waals surface area contributed by atoms with Gasteiger partial charge in [-0.25, -0.2) is 14.6 Å². The van der Waals surface area contributed by atoms with Crippen LogP contribution < -0.4 is 5.32 Å². The molecule has 0 aromatic carbocycles. The topological polar surface area (TPSA) is 55.6 Å². The molecule has 0 radical (unpaired) electrons. The van der Waals surface area contributed by atoms with E-state index in [1.165, 1.54) is 0 Å². The molecule has 0 bridgehead atoms. The zero-order valence-corrected chi connectivity index (χ0v) is 10.0. The zero-order chi connectivity index (χ0) is 11.4. The molecule has 5 nitrogen and oxygen atoms in total. The summed E-state index contributed by atoms with van der Waals surface area (Å²) in [6.07, 6.45) is 1.56. The molecule has 0 aliphatic heterocycles. The molecule has 2 aromatic rings. The quantitative estimate of drug-likeness (QED) is 0.815. The standard InChI is InChI=1S/C10H13N5S/c1-11-9-5-3-4-8(14-9)6-16-10-12-7-13-15(10)2/h3-5,7H,6H2,1-2H3,(H,11,14). The second-order valence-corrected chi connectivity index (χ2v) is 4.16. The van der Waals surface area contributed by atoms with Crippen molar-refractivity contribution in [3.63, 3.8) is 0 Å². The van der Waals surface area contributed by atoms with E-state index in [-0.39, 0.29) is 0 Å². The molecular weight excluding hydrogens is 222 g/mol. The molecule has 0 aliphatic rings. The molecule has 0 saturated heterocycles. The third kappa shape index (κ3) is 2.52. The molecule has 0 fully saturated rings. The molecule has 0 atom stereocenters. The van der Waals surface area contributed by atoms with Crippen LogP contribution in [0.5, 0.6) is 0 Å². The third-order valence-electron chi connectivity index (χ3n) is 2.08. The Hall–Kier alpha value is -1.56. The van der Waals surface area contributed by atoms with Gasteiger partial charge in [-0.1, -0.05) is 17.8 Å². The van der Waals surface area contributed by atoms with Crippen LogP contribution in [0.2, 0.25) is 0 Å². The summed E-state index contributed by atoms with van der Waals surface area (Å²) in [7, 11) is 3.74. The molecule has 0 spiro atoms. The molecule has 2 aromatic heterocycles. The van der Waals surface area contributed by atoms with Gasteiger partial charge in [0.15, 0.2) is 5.16 Å². The van der Waals surface area contributed by atoms with Crippen LogP contribution >= 0.6 is 11.8 Å². The molecule has 0 saturated carbocycles. The van der Waals surface area contributed by atoms with E-state index in [4.69, 9.17) is 0 Å². The summed E-state index contributed by atoms with van der Waals surface area (Å²) in [5.41, 5.74) is 1.03. The molecule has 2 rings (SSSR count). The highest BCUT2D eigenvalue weighted by molar-refractivity contribution is 7.98. The highest BCUT2D eigenvalue weighted by Crippen LogP contribution is 2.19. The minimum absolute atomic E-state index is 0.794. The minimum Gasteiger partial charge on any atom is -0.373 e. The van der Waals surface area contributed by atoms with Crippen LogP contribution in [0.15, 0.2) is 29.7 Å². The number of pyridine rings is 1. The molecule has 0 unspecified atom stereocenters. The maximum atomic E-state index is 4.43. The Kier molecular flexibility index (Phi) is 3.40. The van der Waals surface area contributed by atoms with Crippen LogP contribution in [0.3, 0.4) is 0 Å².